The van der Waals surface area contributed by atoms with Crippen LogP contribution in [0.1, 0.15) is 30.8 Å². The van der Waals surface area contributed by atoms with E-state index in [1.165, 1.54) is 6.20 Å². The Morgan fingerprint density at radius 1 is 1.61 bits per heavy atom. The van der Waals surface area contributed by atoms with E-state index < -0.39 is 5.97 Å². The van der Waals surface area contributed by atoms with Gasteiger partial charge in [-0.25, -0.2) is 9.78 Å². The SMILES string of the molecule is CCC(C)N(C)CCNc1cccnc1C(=O)O. The van der Waals surface area contributed by atoms with Gasteiger partial charge in [-0.3, -0.25) is 0 Å². The Balaban J connectivity index is 2.51. The molecule has 0 aliphatic rings. The number of hydrogen-bond acceptors (Lipinski definition) is 4. The summed E-state index contributed by atoms with van der Waals surface area (Å²) in [7, 11) is 2.07. The highest BCUT2D eigenvalue weighted by Gasteiger charge is 2.11. The third-order valence-electron chi connectivity index (χ3n) is 3.13. The molecule has 0 aliphatic heterocycles. The Hall–Kier alpha value is -1.62. The van der Waals surface area contributed by atoms with Crippen LogP contribution in [0.15, 0.2) is 18.3 Å². The summed E-state index contributed by atoms with van der Waals surface area (Å²) in [5.74, 6) is -1.01. The van der Waals surface area contributed by atoms with Crippen molar-refractivity contribution in [1.82, 2.24) is 9.88 Å². The Kier molecular flexibility index (Phi) is 5.58. The summed E-state index contributed by atoms with van der Waals surface area (Å²) in [6.07, 6.45) is 2.59. The molecule has 5 heteroatoms. The van der Waals surface area contributed by atoms with Crippen molar-refractivity contribution in [3.8, 4) is 0 Å². The fraction of sp³-hybridized carbons (Fsp3) is 0.538. The number of nitrogens with zero attached hydrogens (tertiary/aromatic N) is 2. The van der Waals surface area contributed by atoms with Gasteiger partial charge in [-0.2, -0.15) is 0 Å². The minimum atomic E-state index is -1.01. The van der Waals surface area contributed by atoms with Gasteiger partial charge in [0.25, 0.3) is 0 Å². The first-order valence-electron chi connectivity index (χ1n) is 6.18. The van der Waals surface area contributed by atoms with E-state index in [0.29, 0.717) is 18.3 Å². The molecule has 1 unspecified atom stereocenters. The minimum absolute atomic E-state index is 0.0729. The highest BCUT2D eigenvalue weighted by molar-refractivity contribution is 5.91. The number of rotatable bonds is 7. The Bertz CT molecular complexity index is 396. The molecule has 0 aromatic carbocycles. The first-order chi connectivity index (χ1) is 8.56. The van der Waals surface area contributed by atoms with Gasteiger partial charge in [-0.1, -0.05) is 6.92 Å². The predicted octanol–water partition coefficient (Wildman–Crippen LogP) is 1.92. The monoisotopic (exact) mass is 251 g/mol. The maximum absolute atomic E-state index is 11.0. The van der Waals surface area contributed by atoms with Crippen molar-refractivity contribution in [2.24, 2.45) is 0 Å². The number of pyridine rings is 1. The zero-order valence-corrected chi connectivity index (χ0v) is 11.2. The van der Waals surface area contributed by atoms with Crippen LogP contribution in [-0.4, -0.2) is 47.1 Å². The van der Waals surface area contributed by atoms with Crippen molar-refractivity contribution in [2.75, 3.05) is 25.5 Å². The Labute approximate surface area is 108 Å². The molecule has 1 rings (SSSR count). The van der Waals surface area contributed by atoms with Crippen LogP contribution >= 0.6 is 0 Å². The summed E-state index contributed by atoms with van der Waals surface area (Å²) in [6, 6.07) is 3.99. The van der Waals surface area contributed by atoms with E-state index in [9.17, 15) is 4.79 Å². The Morgan fingerprint density at radius 3 is 2.94 bits per heavy atom. The molecule has 1 aromatic rings. The molecule has 18 heavy (non-hydrogen) atoms. The lowest BCUT2D eigenvalue weighted by atomic mass is 10.2. The summed E-state index contributed by atoms with van der Waals surface area (Å²) in [6.45, 7) is 5.89. The first kappa shape index (κ1) is 14.4. The number of carbonyl (C=O) groups is 1. The van der Waals surface area contributed by atoms with E-state index in [0.717, 1.165) is 13.0 Å². The van der Waals surface area contributed by atoms with Crippen LogP contribution in [-0.2, 0) is 0 Å². The summed E-state index contributed by atoms with van der Waals surface area (Å²) >= 11 is 0. The maximum Gasteiger partial charge on any atom is 0.356 e. The summed E-state index contributed by atoms with van der Waals surface area (Å²) < 4.78 is 0. The molecule has 5 nitrogen and oxygen atoms in total. The molecular weight excluding hydrogens is 230 g/mol. The average Bonchev–Trinajstić information content (AvgIpc) is 2.38. The number of carboxylic acids is 1. The fourth-order valence-corrected chi connectivity index (χ4v) is 1.62. The second-order valence-electron chi connectivity index (χ2n) is 4.37. The molecule has 2 N–H and O–H groups in total. The number of carboxylic acid groups (broad SMARTS) is 1. The third kappa shape index (κ3) is 4.00. The quantitative estimate of drug-likeness (QED) is 0.775. The average molecular weight is 251 g/mol. The molecule has 1 heterocycles. The van der Waals surface area contributed by atoms with Gasteiger partial charge in [0.15, 0.2) is 5.69 Å². The van der Waals surface area contributed by atoms with E-state index >= 15 is 0 Å². The van der Waals surface area contributed by atoms with Crippen LogP contribution in [0.4, 0.5) is 5.69 Å². The van der Waals surface area contributed by atoms with Crippen LogP contribution in [0.2, 0.25) is 0 Å². The number of aromatic carboxylic acids is 1. The van der Waals surface area contributed by atoms with Crippen molar-refractivity contribution in [1.29, 1.82) is 0 Å². The van der Waals surface area contributed by atoms with E-state index in [2.05, 4.69) is 36.1 Å². The van der Waals surface area contributed by atoms with Gasteiger partial charge in [0.1, 0.15) is 0 Å². The smallest absolute Gasteiger partial charge is 0.356 e. The highest BCUT2D eigenvalue weighted by Crippen LogP contribution is 2.11. The number of anilines is 1. The van der Waals surface area contributed by atoms with E-state index in [-0.39, 0.29) is 5.69 Å². The first-order valence-corrected chi connectivity index (χ1v) is 6.18. The van der Waals surface area contributed by atoms with E-state index in [1.807, 2.05) is 0 Å². The second-order valence-corrected chi connectivity index (χ2v) is 4.37. The molecular formula is C13H21N3O2. The molecule has 0 bridgehead atoms. The van der Waals surface area contributed by atoms with Gasteiger partial charge < -0.3 is 15.3 Å². The fourth-order valence-electron chi connectivity index (χ4n) is 1.62. The van der Waals surface area contributed by atoms with Gasteiger partial charge in [-0.05, 0) is 32.5 Å². The molecule has 0 saturated carbocycles. The van der Waals surface area contributed by atoms with Crippen molar-refractivity contribution < 1.29 is 9.90 Å². The Morgan fingerprint density at radius 2 is 2.33 bits per heavy atom. The normalized spacial score (nSPS) is 12.4. The van der Waals surface area contributed by atoms with Crippen LogP contribution in [0.25, 0.3) is 0 Å². The molecule has 0 aliphatic carbocycles. The predicted molar refractivity (Wildman–Crippen MR) is 72.1 cm³/mol. The van der Waals surface area contributed by atoms with Crippen LogP contribution in [0.5, 0.6) is 0 Å². The van der Waals surface area contributed by atoms with Crippen LogP contribution < -0.4 is 5.32 Å². The topological polar surface area (TPSA) is 65.5 Å². The van der Waals surface area contributed by atoms with E-state index in [4.69, 9.17) is 5.11 Å². The summed E-state index contributed by atoms with van der Waals surface area (Å²) in [4.78, 5) is 17.1. The molecule has 0 saturated heterocycles. The van der Waals surface area contributed by atoms with Crippen LogP contribution in [0, 0.1) is 0 Å². The molecule has 0 fully saturated rings. The molecule has 0 radical (unpaired) electrons. The molecule has 100 valence electrons. The number of nitrogens with one attached hydrogen (secondary N) is 1. The third-order valence-corrected chi connectivity index (χ3v) is 3.13. The molecule has 1 atom stereocenters. The van der Waals surface area contributed by atoms with Crippen molar-refractivity contribution in [2.45, 2.75) is 26.3 Å². The van der Waals surface area contributed by atoms with Gasteiger partial charge in [0.2, 0.25) is 0 Å². The molecule has 0 spiro atoms. The molecule has 0 amide bonds. The van der Waals surface area contributed by atoms with Gasteiger partial charge in [0, 0.05) is 25.3 Å². The van der Waals surface area contributed by atoms with Gasteiger partial charge >= 0.3 is 5.97 Å². The lowest BCUT2D eigenvalue weighted by molar-refractivity contribution is 0.0691. The van der Waals surface area contributed by atoms with Crippen LogP contribution in [0.3, 0.4) is 0 Å². The standard InChI is InChI=1S/C13H21N3O2/c1-4-10(2)16(3)9-8-14-11-6-5-7-15-12(11)13(17)18/h5-7,10,14H,4,8-9H2,1-3H3,(H,17,18). The zero-order valence-electron chi connectivity index (χ0n) is 11.2. The van der Waals surface area contributed by atoms with Gasteiger partial charge in [0.05, 0.1) is 5.69 Å². The largest absolute Gasteiger partial charge is 0.476 e. The lowest BCUT2D eigenvalue weighted by Gasteiger charge is -2.23. The minimum Gasteiger partial charge on any atom is -0.476 e. The molecule has 1 aromatic heterocycles. The van der Waals surface area contributed by atoms with Crippen molar-refractivity contribution >= 4 is 11.7 Å². The van der Waals surface area contributed by atoms with Crippen molar-refractivity contribution in [3.05, 3.63) is 24.0 Å². The zero-order chi connectivity index (χ0) is 13.5. The maximum atomic E-state index is 11.0. The van der Waals surface area contributed by atoms with Crippen molar-refractivity contribution in [3.63, 3.8) is 0 Å². The van der Waals surface area contributed by atoms with E-state index in [1.54, 1.807) is 12.1 Å². The second kappa shape index (κ2) is 6.96. The number of hydrogen-bond donors (Lipinski definition) is 2. The lowest BCUT2D eigenvalue weighted by Crippen LogP contribution is -2.32. The summed E-state index contributed by atoms with van der Waals surface area (Å²) in [5, 5.41) is 12.1. The number of aromatic nitrogens is 1. The summed E-state index contributed by atoms with van der Waals surface area (Å²) in [5.41, 5.74) is 0.645. The number of likely N-dealkylation sites (N-methyl/N-ethyl adjacent to an activating group) is 1. The van der Waals surface area contributed by atoms with Gasteiger partial charge in [-0.15, -0.1) is 0 Å². The highest BCUT2D eigenvalue weighted by atomic mass is 16.4.